The summed E-state index contributed by atoms with van der Waals surface area (Å²) in [5, 5.41) is 5.20. The molecule has 2 amide bonds. The molecule has 0 aliphatic carbocycles. The molecular formula is C9H10N4O2. The first kappa shape index (κ1) is 9.57. The first-order valence-electron chi connectivity index (χ1n) is 4.59. The molecule has 15 heavy (non-hydrogen) atoms. The first-order valence-corrected chi connectivity index (χ1v) is 4.59. The number of aromatic nitrogens is 2. The Morgan fingerprint density at radius 3 is 3.00 bits per heavy atom. The minimum absolute atomic E-state index is 0.0886. The minimum Gasteiger partial charge on any atom is -0.355 e. The third kappa shape index (κ3) is 2.28. The average molecular weight is 206 g/mol. The number of nitrogens with one attached hydrogen (secondary N) is 2. The Labute approximate surface area is 86.1 Å². The molecule has 0 radical (unpaired) electrons. The monoisotopic (exact) mass is 206 g/mol. The highest BCUT2D eigenvalue weighted by atomic mass is 16.2. The molecule has 1 unspecified atom stereocenters. The molecule has 2 heterocycles. The van der Waals surface area contributed by atoms with Crippen molar-refractivity contribution >= 4 is 17.6 Å². The van der Waals surface area contributed by atoms with Crippen LogP contribution in [0.4, 0.5) is 5.82 Å². The molecule has 0 aromatic carbocycles. The van der Waals surface area contributed by atoms with E-state index in [1.807, 2.05) is 0 Å². The molecule has 1 fully saturated rings. The minimum atomic E-state index is -0.306. The standard InChI is InChI=1S/C9H10N4O2/c14-8-3-6(4-12-8)9(15)13-7-5-10-1-2-11-7/h1-2,5-6H,3-4H2,(H,12,14)(H,11,13,15). The zero-order valence-corrected chi connectivity index (χ0v) is 7.93. The molecule has 1 aliphatic heterocycles. The second-order valence-electron chi connectivity index (χ2n) is 3.29. The van der Waals surface area contributed by atoms with Crippen molar-refractivity contribution in [3.63, 3.8) is 0 Å². The number of nitrogens with zero attached hydrogens (tertiary/aromatic N) is 2. The van der Waals surface area contributed by atoms with Gasteiger partial charge in [-0.2, -0.15) is 0 Å². The van der Waals surface area contributed by atoms with Gasteiger partial charge >= 0.3 is 0 Å². The van der Waals surface area contributed by atoms with Gasteiger partial charge < -0.3 is 10.6 Å². The summed E-state index contributed by atoms with van der Waals surface area (Å²) in [4.78, 5) is 30.2. The van der Waals surface area contributed by atoms with Gasteiger partial charge in [-0.05, 0) is 0 Å². The van der Waals surface area contributed by atoms with E-state index in [0.717, 1.165) is 0 Å². The van der Waals surface area contributed by atoms with Crippen LogP contribution in [0.15, 0.2) is 18.6 Å². The van der Waals surface area contributed by atoms with Crippen LogP contribution in [0.2, 0.25) is 0 Å². The summed E-state index contributed by atoms with van der Waals surface area (Å²) < 4.78 is 0. The average Bonchev–Trinajstić information content (AvgIpc) is 2.66. The summed E-state index contributed by atoms with van der Waals surface area (Å²) in [6, 6.07) is 0. The smallest absolute Gasteiger partial charge is 0.230 e. The molecule has 6 heteroatoms. The summed E-state index contributed by atoms with van der Waals surface area (Å²) >= 11 is 0. The molecule has 1 atom stereocenters. The van der Waals surface area contributed by atoms with E-state index in [-0.39, 0.29) is 24.2 Å². The molecule has 0 bridgehead atoms. The van der Waals surface area contributed by atoms with Gasteiger partial charge in [-0.3, -0.25) is 14.6 Å². The van der Waals surface area contributed by atoms with Gasteiger partial charge in [-0.15, -0.1) is 0 Å². The fourth-order valence-corrected chi connectivity index (χ4v) is 1.38. The van der Waals surface area contributed by atoms with E-state index in [9.17, 15) is 9.59 Å². The summed E-state index contributed by atoms with van der Waals surface area (Å²) in [6.45, 7) is 0.394. The number of hydrogen-bond acceptors (Lipinski definition) is 4. The Morgan fingerprint density at radius 2 is 2.40 bits per heavy atom. The van der Waals surface area contributed by atoms with E-state index in [0.29, 0.717) is 12.4 Å². The van der Waals surface area contributed by atoms with Crippen molar-refractivity contribution in [3.05, 3.63) is 18.6 Å². The molecule has 2 N–H and O–H groups in total. The zero-order chi connectivity index (χ0) is 10.7. The van der Waals surface area contributed by atoms with Gasteiger partial charge in [0.25, 0.3) is 0 Å². The van der Waals surface area contributed by atoms with E-state index in [2.05, 4.69) is 20.6 Å². The van der Waals surface area contributed by atoms with E-state index in [1.165, 1.54) is 18.6 Å². The van der Waals surface area contributed by atoms with Crippen molar-refractivity contribution in [3.8, 4) is 0 Å². The lowest BCUT2D eigenvalue weighted by atomic mass is 10.1. The number of anilines is 1. The number of amides is 2. The van der Waals surface area contributed by atoms with Crippen LogP contribution in [0.1, 0.15) is 6.42 Å². The van der Waals surface area contributed by atoms with Gasteiger partial charge in [-0.25, -0.2) is 4.98 Å². The molecule has 2 rings (SSSR count). The third-order valence-electron chi connectivity index (χ3n) is 2.16. The molecule has 0 spiro atoms. The number of hydrogen-bond donors (Lipinski definition) is 2. The predicted molar refractivity (Wildman–Crippen MR) is 51.8 cm³/mol. The van der Waals surface area contributed by atoms with Crippen LogP contribution in [0.3, 0.4) is 0 Å². The fraction of sp³-hybridized carbons (Fsp3) is 0.333. The maximum absolute atomic E-state index is 11.6. The molecular weight excluding hydrogens is 196 g/mol. The number of rotatable bonds is 2. The van der Waals surface area contributed by atoms with Crippen molar-refractivity contribution in [1.29, 1.82) is 0 Å². The van der Waals surface area contributed by atoms with Gasteiger partial charge in [0.05, 0.1) is 12.1 Å². The Balaban J connectivity index is 1.96. The van der Waals surface area contributed by atoms with Crippen molar-refractivity contribution in [2.75, 3.05) is 11.9 Å². The topological polar surface area (TPSA) is 84.0 Å². The van der Waals surface area contributed by atoms with E-state index >= 15 is 0 Å². The van der Waals surface area contributed by atoms with Crippen LogP contribution in [-0.4, -0.2) is 28.3 Å². The Morgan fingerprint density at radius 1 is 1.53 bits per heavy atom. The van der Waals surface area contributed by atoms with Crippen molar-refractivity contribution in [2.45, 2.75) is 6.42 Å². The Kier molecular flexibility index (Phi) is 2.57. The van der Waals surface area contributed by atoms with Gasteiger partial charge in [0.2, 0.25) is 11.8 Å². The first-order chi connectivity index (χ1) is 7.25. The fourth-order valence-electron chi connectivity index (χ4n) is 1.38. The van der Waals surface area contributed by atoms with Crippen LogP contribution in [0.25, 0.3) is 0 Å². The summed E-state index contributed by atoms with van der Waals surface area (Å²) in [5.41, 5.74) is 0. The van der Waals surface area contributed by atoms with E-state index in [1.54, 1.807) is 0 Å². The molecule has 1 aromatic rings. The highest BCUT2D eigenvalue weighted by Gasteiger charge is 2.27. The largest absolute Gasteiger partial charge is 0.355 e. The Bertz CT molecular complexity index is 379. The number of carbonyl (C=O) groups is 2. The van der Waals surface area contributed by atoms with Crippen LogP contribution in [0.5, 0.6) is 0 Å². The summed E-state index contributed by atoms with van der Waals surface area (Å²) in [6.07, 6.45) is 4.72. The van der Waals surface area contributed by atoms with Crippen LogP contribution in [0, 0.1) is 5.92 Å². The molecule has 1 aliphatic rings. The second-order valence-corrected chi connectivity index (χ2v) is 3.29. The van der Waals surface area contributed by atoms with Crippen LogP contribution >= 0.6 is 0 Å². The highest BCUT2D eigenvalue weighted by molar-refractivity contribution is 5.96. The van der Waals surface area contributed by atoms with Crippen molar-refractivity contribution < 1.29 is 9.59 Å². The molecule has 6 nitrogen and oxygen atoms in total. The van der Waals surface area contributed by atoms with Crippen LogP contribution < -0.4 is 10.6 Å². The van der Waals surface area contributed by atoms with Gasteiger partial charge in [0.15, 0.2) is 5.82 Å². The lowest BCUT2D eigenvalue weighted by Gasteiger charge is -2.07. The zero-order valence-electron chi connectivity index (χ0n) is 7.93. The normalized spacial score (nSPS) is 19.7. The number of carbonyl (C=O) groups excluding carboxylic acids is 2. The third-order valence-corrected chi connectivity index (χ3v) is 2.16. The second kappa shape index (κ2) is 4.04. The molecule has 0 saturated carbocycles. The maximum atomic E-state index is 11.6. The lowest BCUT2D eigenvalue weighted by Crippen LogP contribution is -2.25. The van der Waals surface area contributed by atoms with E-state index in [4.69, 9.17) is 0 Å². The van der Waals surface area contributed by atoms with Gasteiger partial charge in [0.1, 0.15) is 0 Å². The highest BCUT2D eigenvalue weighted by Crippen LogP contribution is 2.11. The van der Waals surface area contributed by atoms with Gasteiger partial charge in [-0.1, -0.05) is 0 Å². The van der Waals surface area contributed by atoms with Crippen molar-refractivity contribution in [1.82, 2.24) is 15.3 Å². The molecule has 1 saturated heterocycles. The van der Waals surface area contributed by atoms with Gasteiger partial charge in [0, 0.05) is 25.4 Å². The van der Waals surface area contributed by atoms with E-state index < -0.39 is 0 Å². The SMILES string of the molecule is O=C1CC(C(=O)Nc2cnccn2)CN1. The molecule has 1 aromatic heterocycles. The van der Waals surface area contributed by atoms with Crippen molar-refractivity contribution in [2.24, 2.45) is 5.92 Å². The molecule has 78 valence electrons. The summed E-state index contributed by atoms with van der Waals surface area (Å²) in [7, 11) is 0. The Hall–Kier alpha value is -1.98. The van der Waals surface area contributed by atoms with Crippen LogP contribution in [-0.2, 0) is 9.59 Å². The lowest BCUT2D eigenvalue weighted by molar-refractivity contribution is -0.123. The summed E-state index contributed by atoms with van der Waals surface area (Å²) in [5.74, 6) is -0.190. The maximum Gasteiger partial charge on any atom is 0.230 e. The quantitative estimate of drug-likeness (QED) is 0.686. The predicted octanol–water partition coefficient (Wildman–Crippen LogP) is -0.449.